The van der Waals surface area contributed by atoms with Gasteiger partial charge >= 0.3 is 0 Å². The van der Waals surface area contributed by atoms with Crippen LogP contribution in [0, 0.1) is 6.92 Å². The van der Waals surface area contributed by atoms with Crippen molar-refractivity contribution in [1.82, 2.24) is 14.9 Å². The van der Waals surface area contributed by atoms with Gasteiger partial charge in [0.25, 0.3) is 0 Å². The normalized spacial score (nSPS) is 12.5. The van der Waals surface area contributed by atoms with E-state index in [2.05, 4.69) is 14.7 Å². The van der Waals surface area contributed by atoms with Crippen molar-refractivity contribution in [3.8, 4) is 11.3 Å². The van der Waals surface area contributed by atoms with Gasteiger partial charge in [0.2, 0.25) is 21.9 Å². The van der Waals surface area contributed by atoms with Crippen molar-refractivity contribution >= 4 is 21.9 Å². The molecule has 0 radical (unpaired) electrons. The fourth-order valence-electron chi connectivity index (χ4n) is 2.09. The Morgan fingerprint density at radius 1 is 1.21 bits per heavy atom. The quantitative estimate of drug-likeness (QED) is 0.887. The van der Waals surface area contributed by atoms with Crippen molar-refractivity contribution in [2.45, 2.75) is 19.1 Å². The maximum atomic E-state index is 12.3. The molecule has 1 aromatic heterocycles. The molecule has 8 heteroatoms. The summed E-state index contributed by atoms with van der Waals surface area (Å²) in [5, 5.41) is -1.24. The van der Waals surface area contributed by atoms with E-state index in [1.807, 2.05) is 37.3 Å². The van der Waals surface area contributed by atoms with Gasteiger partial charge in [-0.2, -0.15) is 0 Å². The van der Waals surface area contributed by atoms with E-state index in [1.54, 1.807) is 6.20 Å². The maximum absolute atomic E-state index is 12.3. The zero-order valence-corrected chi connectivity index (χ0v) is 14.8. The topological polar surface area (TPSA) is 92.3 Å². The number of hydrogen-bond donors (Lipinski definition) is 1. The van der Waals surface area contributed by atoms with E-state index in [9.17, 15) is 13.2 Å². The van der Waals surface area contributed by atoms with Gasteiger partial charge in [-0.05, 0) is 19.4 Å². The van der Waals surface area contributed by atoms with E-state index in [0.717, 1.165) is 11.1 Å². The van der Waals surface area contributed by atoms with Gasteiger partial charge in [0.15, 0.2) is 5.25 Å². The molecule has 0 aliphatic rings. The standard InChI is InChI=1S/C16H20N4O3S/c1-11-10-17-16(18-14(11)13-8-6-5-7-9-13)19-24(22,23)12(2)15(21)20(3)4/h5-10,12H,1-4H3,(H,17,18,19). The Balaban J connectivity index is 2.33. The molecule has 1 amide bonds. The van der Waals surface area contributed by atoms with Gasteiger partial charge in [-0.15, -0.1) is 0 Å². The maximum Gasteiger partial charge on any atom is 0.246 e. The number of carbonyl (C=O) groups excluding carboxylic acids is 1. The highest BCUT2D eigenvalue weighted by molar-refractivity contribution is 7.94. The number of sulfonamides is 1. The number of amides is 1. The summed E-state index contributed by atoms with van der Waals surface area (Å²) in [5.74, 6) is -0.573. The molecule has 0 aliphatic heterocycles. The smallest absolute Gasteiger partial charge is 0.246 e. The van der Waals surface area contributed by atoms with E-state index in [4.69, 9.17) is 0 Å². The van der Waals surface area contributed by atoms with Crippen LogP contribution in [0.1, 0.15) is 12.5 Å². The van der Waals surface area contributed by atoms with Crippen molar-refractivity contribution in [2.24, 2.45) is 0 Å². The zero-order chi connectivity index (χ0) is 17.9. The summed E-state index contributed by atoms with van der Waals surface area (Å²) in [7, 11) is -0.927. The third-order valence-electron chi connectivity index (χ3n) is 3.51. The first kappa shape index (κ1) is 17.9. The summed E-state index contributed by atoms with van der Waals surface area (Å²) in [6, 6.07) is 9.40. The van der Waals surface area contributed by atoms with E-state index in [-0.39, 0.29) is 5.95 Å². The van der Waals surface area contributed by atoms with Gasteiger partial charge in [0.1, 0.15) is 0 Å². The molecule has 1 aromatic carbocycles. The summed E-state index contributed by atoms with van der Waals surface area (Å²) >= 11 is 0. The lowest BCUT2D eigenvalue weighted by atomic mass is 10.1. The first-order chi connectivity index (χ1) is 11.2. The minimum Gasteiger partial charge on any atom is -0.348 e. The van der Waals surface area contributed by atoms with Crippen LogP contribution in [0.3, 0.4) is 0 Å². The second kappa shape index (κ2) is 6.96. The Bertz CT molecular complexity index is 836. The number of nitrogens with zero attached hydrogens (tertiary/aromatic N) is 3. The average Bonchev–Trinajstić information content (AvgIpc) is 2.55. The number of benzene rings is 1. The highest BCUT2D eigenvalue weighted by atomic mass is 32.2. The molecule has 1 atom stereocenters. The molecule has 0 aliphatic carbocycles. The van der Waals surface area contributed by atoms with Gasteiger partial charge in [0, 0.05) is 25.9 Å². The largest absolute Gasteiger partial charge is 0.348 e. The Kier molecular flexibility index (Phi) is 5.18. The lowest BCUT2D eigenvalue weighted by Crippen LogP contribution is -2.40. The third-order valence-corrected chi connectivity index (χ3v) is 5.11. The van der Waals surface area contributed by atoms with Crippen LogP contribution < -0.4 is 4.72 Å². The van der Waals surface area contributed by atoms with E-state index < -0.39 is 21.2 Å². The number of hydrogen-bond acceptors (Lipinski definition) is 5. The predicted octanol–water partition coefficient (Wildman–Crippen LogP) is 1.67. The molecular formula is C16H20N4O3S. The van der Waals surface area contributed by atoms with E-state index >= 15 is 0 Å². The first-order valence-corrected chi connectivity index (χ1v) is 8.89. The minimum atomic E-state index is -3.94. The van der Waals surface area contributed by atoms with E-state index in [1.165, 1.54) is 25.9 Å². The van der Waals surface area contributed by atoms with Gasteiger partial charge in [0.05, 0.1) is 5.69 Å². The summed E-state index contributed by atoms with van der Waals surface area (Å²) in [4.78, 5) is 21.4. The van der Waals surface area contributed by atoms with Crippen molar-refractivity contribution in [3.63, 3.8) is 0 Å². The molecule has 1 N–H and O–H groups in total. The molecule has 128 valence electrons. The predicted molar refractivity (Wildman–Crippen MR) is 92.9 cm³/mol. The van der Waals surface area contributed by atoms with Gasteiger partial charge in [-0.25, -0.2) is 18.4 Å². The molecule has 2 aromatic rings. The molecule has 24 heavy (non-hydrogen) atoms. The SMILES string of the molecule is Cc1cnc(NS(=O)(=O)C(C)C(=O)N(C)C)nc1-c1ccccc1. The molecule has 1 unspecified atom stereocenters. The Hall–Kier alpha value is -2.48. The third kappa shape index (κ3) is 3.88. The minimum absolute atomic E-state index is 0.0575. The van der Waals surface area contributed by atoms with Crippen LogP contribution in [-0.4, -0.2) is 48.5 Å². The summed E-state index contributed by atoms with van der Waals surface area (Å²) in [6.07, 6.45) is 1.55. The molecular weight excluding hydrogens is 328 g/mol. The number of rotatable bonds is 5. The van der Waals surface area contributed by atoms with Crippen molar-refractivity contribution in [1.29, 1.82) is 0 Å². The lowest BCUT2D eigenvalue weighted by molar-refractivity contribution is -0.127. The molecule has 0 saturated carbocycles. The zero-order valence-electron chi connectivity index (χ0n) is 14.0. The summed E-state index contributed by atoms with van der Waals surface area (Å²) in [5.41, 5.74) is 2.31. The number of aromatic nitrogens is 2. The van der Waals surface area contributed by atoms with Gasteiger partial charge in [-0.1, -0.05) is 30.3 Å². The summed E-state index contributed by atoms with van der Waals surface area (Å²) in [6.45, 7) is 3.18. The van der Waals surface area contributed by atoms with Crippen molar-refractivity contribution in [2.75, 3.05) is 18.8 Å². The second-order valence-electron chi connectivity index (χ2n) is 5.61. The number of nitrogens with one attached hydrogen (secondary N) is 1. The van der Waals surface area contributed by atoms with Crippen molar-refractivity contribution in [3.05, 3.63) is 42.1 Å². The molecule has 1 heterocycles. The number of anilines is 1. The van der Waals surface area contributed by atoms with Crippen LogP contribution in [0.2, 0.25) is 0 Å². The lowest BCUT2D eigenvalue weighted by Gasteiger charge is -2.17. The molecule has 7 nitrogen and oxygen atoms in total. The van der Waals surface area contributed by atoms with Crippen LogP contribution in [-0.2, 0) is 14.8 Å². The van der Waals surface area contributed by atoms with Crippen molar-refractivity contribution < 1.29 is 13.2 Å². The molecule has 0 spiro atoms. The van der Waals surface area contributed by atoms with Gasteiger partial charge < -0.3 is 4.90 Å². The number of aryl methyl sites for hydroxylation is 1. The summed E-state index contributed by atoms with van der Waals surface area (Å²) < 4.78 is 27.0. The average molecular weight is 348 g/mol. The van der Waals surface area contributed by atoms with E-state index in [0.29, 0.717) is 5.69 Å². The van der Waals surface area contributed by atoms with Crippen LogP contribution in [0.4, 0.5) is 5.95 Å². The Morgan fingerprint density at radius 2 is 1.83 bits per heavy atom. The van der Waals surface area contributed by atoms with Gasteiger partial charge in [-0.3, -0.25) is 9.52 Å². The Labute approximate surface area is 141 Å². The van der Waals surface area contributed by atoms with Crippen LogP contribution in [0.25, 0.3) is 11.3 Å². The Morgan fingerprint density at radius 3 is 2.42 bits per heavy atom. The van der Waals surface area contributed by atoms with Crippen LogP contribution in [0.5, 0.6) is 0 Å². The molecule has 0 bridgehead atoms. The molecule has 0 fully saturated rings. The first-order valence-electron chi connectivity index (χ1n) is 7.34. The fourth-order valence-corrected chi connectivity index (χ4v) is 3.10. The molecule has 0 saturated heterocycles. The van der Waals surface area contributed by atoms with Crippen LogP contribution >= 0.6 is 0 Å². The number of carbonyl (C=O) groups is 1. The highest BCUT2D eigenvalue weighted by Crippen LogP contribution is 2.22. The monoisotopic (exact) mass is 348 g/mol. The highest BCUT2D eigenvalue weighted by Gasteiger charge is 2.30. The van der Waals surface area contributed by atoms with Crippen LogP contribution in [0.15, 0.2) is 36.5 Å². The second-order valence-corrected chi connectivity index (χ2v) is 7.61. The molecule has 2 rings (SSSR count). The fraction of sp³-hybridized carbons (Fsp3) is 0.312.